The van der Waals surface area contributed by atoms with Crippen molar-refractivity contribution in [2.75, 3.05) is 19.4 Å². The van der Waals surface area contributed by atoms with Crippen molar-refractivity contribution in [1.82, 2.24) is 5.32 Å². The molecule has 0 unspecified atom stereocenters. The molecule has 1 aliphatic carbocycles. The van der Waals surface area contributed by atoms with E-state index in [2.05, 4.69) is 5.32 Å². The summed E-state index contributed by atoms with van der Waals surface area (Å²) in [7, 11) is -3.26. The van der Waals surface area contributed by atoms with E-state index in [1.807, 2.05) is 0 Å². The summed E-state index contributed by atoms with van der Waals surface area (Å²) in [5.74, 6) is 0.806. The van der Waals surface area contributed by atoms with Crippen LogP contribution in [0.2, 0.25) is 0 Å². The molecular formula is C14H19NO4S. The number of ether oxygens (including phenoxy) is 1. The Labute approximate surface area is 119 Å². The standard InChI is InChI=1S/C14H19NO4S/c1-20(17,18)13-7-3-6-12(8-13)19-10-14(16)15-9-11-4-2-5-11/h3,6-8,11H,2,4-5,9-10H2,1H3,(H,15,16). The molecule has 0 atom stereocenters. The van der Waals surface area contributed by atoms with Crippen molar-refractivity contribution in [2.24, 2.45) is 5.92 Å². The summed E-state index contributed by atoms with van der Waals surface area (Å²) >= 11 is 0. The Morgan fingerprint density at radius 2 is 2.15 bits per heavy atom. The molecule has 20 heavy (non-hydrogen) atoms. The van der Waals surface area contributed by atoms with Gasteiger partial charge in [-0.1, -0.05) is 12.5 Å². The van der Waals surface area contributed by atoms with E-state index in [0.717, 1.165) is 6.26 Å². The third-order valence-electron chi connectivity index (χ3n) is 3.42. The molecule has 0 aromatic heterocycles. The van der Waals surface area contributed by atoms with Crippen LogP contribution in [-0.4, -0.2) is 33.7 Å². The minimum atomic E-state index is -3.26. The van der Waals surface area contributed by atoms with Gasteiger partial charge in [-0.15, -0.1) is 0 Å². The van der Waals surface area contributed by atoms with E-state index < -0.39 is 9.84 Å². The van der Waals surface area contributed by atoms with E-state index >= 15 is 0 Å². The first-order valence-electron chi connectivity index (χ1n) is 6.65. The Bertz CT molecular complexity index is 579. The molecule has 1 amide bonds. The van der Waals surface area contributed by atoms with Crippen LogP contribution in [0.15, 0.2) is 29.2 Å². The van der Waals surface area contributed by atoms with Gasteiger partial charge in [0.15, 0.2) is 16.4 Å². The predicted octanol–water partition coefficient (Wildman–Crippen LogP) is 1.39. The molecule has 5 nitrogen and oxygen atoms in total. The highest BCUT2D eigenvalue weighted by Gasteiger charge is 2.17. The van der Waals surface area contributed by atoms with Crippen molar-refractivity contribution in [3.63, 3.8) is 0 Å². The predicted molar refractivity (Wildman–Crippen MR) is 75.4 cm³/mol. The average Bonchev–Trinajstić information content (AvgIpc) is 2.34. The van der Waals surface area contributed by atoms with Gasteiger partial charge in [0, 0.05) is 12.8 Å². The number of nitrogens with one attached hydrogen (secondary N) is 1. The number of sulfone groups is 1. The van der Waals surface area contributed by atoms with Crippen molar-refractivity contribution in [1.29, 1.82) is 0 Å². The molecule has 0 radical (unpaired) electrons. The zero-order valence-corrected chi connectivity index (χ0v) is 12.3. The van der Waals surface area contributed by atoms with Crippen LogP contribution in [0.5, 0.6) is 5.75 Å². The van der Waals surface area contributed by atoms with E-state index in [1.54, 1.807) is 12.1 Å². The number of rotatable bonds is 6. The van der Waals surface area contributed by atoms with E-state index in [9.17, 15) is 13.2 Å². The average molecular weight is 297 g/mol. The molecule has 1 N–H and O–H groups in total. The van der Waals surface area contributed by atoms with Crippen LogP contribution >= 0.6 is 0 Å². The number of hydrogen-bond donors (Lipinski definition) is 1. The largest absolute Gasteiger partial charge is 0.484 e. The number of benzene rings is 1. The second kappa shape index (κ2) is 6.26. The lowest BCUT2D eigenvalue weighted by atomic mass is 9.85. The summed E-state index contributed by atoms with van der Waals surface area (Å²) in [6.45, 7) is 0.603. The highest BCUT2D eigenvalue weighted by molar-refractivity contribution is 7.90. The van der Waals surface area contributed by atoms with Crippen LogP contribution in [-0.2, 0) is 14.6 Å². The minimum Gasteiger partial charge on any atom is -0.484 e. The summed E-state index contributed by atoms with van der Waals surface area (Å²) in [6, 6.07) is 6.15. The molecule has 6 heteroatoms. The molecule has 110 valence electrons. The summed E-state index contributed by atoms with van der Waals surface area (Å²) in [5.41, 5.74) is 0. The van der Waals surface area contributed by atoms with E-state index in [-0.39, 0.29) is 17.4 Å². The minimum absolute atomic E-state index is 0.0973. The quantitative estimate of drug-likeness (QED) is 0.861. The van der Waals surface area contributed by atoms with Crippen LogP contribution < -0.4 is 10.1 Å². The van der Waals surface area contributed by atoms with Gasteiger partial charge in [0.05, 0.1) is 4.90 Å². The molecule has 2 rings (SSSR count). The second-order valence-electron chi connectivity index (χ2n) is 5.14. The molecular weight excluding hydrogens is 278 g/mol. The normalized spacial score (nSPS) is 15.4. The maximum absolute atomic E-state index is 11.6. The Kier molecular flexibility index (Phi) is 4.65. The lowest BCUT2D eigenvalue weighted by molar-refractivity contribution is -0.123. The van der Waals surface area contributed by atoms with Crippen molar-refractivity contribution < 1.29 is 17.9 Å². The second-order valence-corrected chi connectivity index (χ2v) is 7.15. The Balaban J connectivity index is 1.82. The van der Waals surface area contributed by atoms with Gasteiger partial charge in [-0.2, -0.15) is 0 Å². The Hall–Kier alpha value is -1.56. The van der Waals surface area contributed by atoms with Gasteiger partial charge in [0.25, 0.3) is 5.91 Å². The third-order valence-corrected chi connectivity index (χ3v) is 4.53. The molecule has 0 spiro atoms. The first-order valence-corrected chi connectivity index (χ1v) is 8.54. The Morgan fingerprint density at radius 1 is 1.40 bits per heavy atom. The fourth-order valence-corrected chi connectivity index (χ4v) is 2.61. The van der Waals surface area contributed by atoms with Crippen LogP contribution in [0.1, 0.15) is 19.3 Å². The maximum atomic E-state index is 11.6. The molecule has 0 bridgehead atoms. The van der Waals surface area contributed by atoms with Crippen molar-refractivity contribution in [3.8, 4) is 5.75 Å². The van der Waals surface area contributed by atoms with Gasteiger partial charge in [-0.05, 0) is 37.0 Å². The summed E-state index contributed by atoms with van der Waals surface area (Å²) < 4.78 is 28.1. The van der Waals surface area contributed by atoms with Gasteiger partial charge in [0.1, 0.15) is 5.75 Å². The summed E-state index contributed by atoms with van der Waals surface area (Å²) in [6.07, 6.45) is 4.74. The van der Waals surface area contributed by atoms with Crippen LogP contribution in [0, 0.1) is 5.92 Å². The van der Waals surface area contributed by atoms with E-state index in [4.69, 9.17) is 4.74 Å². The van der Waals surface area contributed by atoms with E-state index in [0.29, 0.717) is 18.2 Å². The number of carbonyl (C=O) groups is 1. The highest BCUT2D eigenvalue weighted by atomic mass is 32.2. The monoisotopic (exact) mass is 297 g/mol. The van der Waals surface area contributed by atoms with Crippen molar-refractivity contribution in [3.05, 3.63) is 24.3 Å². The SMILES string of the molecule is CS(=O)(=O)c1cccc(OCC(=O)NCC2CCC2)c1. The summed E-state index contributed by atoms with van der Waals surface area (Å²) in [5, 5.41) is 2.82. The first-order chi connectivity index (χ1) is 9.45. The van der Waals surface area contributed by atoms with Gasteiger partial charge in [-0.3, -0.25) is 4.79 Å². The first kappa shape index (κ1) is 14.8. The number of amides is 1. The highest BCUT2D eigenvalue weighted by Crippen LogP contribution is 2.25. The van der Waals surface area contributed by atoms with Crippen LogP contribution in [0.4, 0.5) is 0 Å². The molecule has 0 heterocycles. The molecule has 1 aromatic carbocycles. The lowest BCUT2D eigenvalue weighted by Crippen LogP contribution is -2.35. The molecule has 1 fully saturated rings. The Morgan fingerprint density at radius 3 is 2.75 bits per heavy atom. The van der Waals surface area contributed by atoms with Crippen LogP contribution in [0.3, 0.4) is 0 Å². The van der Waals surface area contributed by atoms with E-state index in [1.165, 1.54) is 31.4 Å². The maximum Gasteiger partial charge on any atom is 0.257 e. The summed E-state index contributed by atoms with van der Waals surface area (Å²) in [4.78, 5) is 11.8. The molecule has 1 aliphatic rings. The zero-order chi connectivity index (χ0) is 14.6. The zero-order valence-electron chi connectivity index (χ0n) is 11.5. The van der Waals surface area contributed by atoms with Gasteiger partial charge in [-0.25, -0.2) is 8.42 Å². The smallest absolute Gasteiger partial charge is 0.257 e. The molecule has 1 aromatic rings. The lowest BCUT2D eigenvalue weighted by Gasteiger charge is -2.25. The fourth-order valence-electron chi connectivity index (χ4n) is 1.95. The fraction of sp³-hybridized carbons (Fsp3) is 0.500. The number of hydrogen-bond acceptors (Lipinski definition) is 4. The van der Waals surface area contributed by atoms with Gasteiger partial charge < -0.3 is 10.1 Å². The molecule has 0 saturated heterocycles. The topological polar surface area (TPSA) is 72.5 Å². The van der Waals surface area contributed by atoms with Gasteiger partial charge in [0.2, 0.25) is 0 Å². The molecule has 1 saturated carbocycles. The van der Waals surface area contributed by atoms with Gasteiger partial charge >= 0.3 is 0 Å². The number of carbonyl (C=O) groups excluding carboxylic acids is 1. The third kappa shape index (κ3) is 4.23. The van der Waals surface area contributed by atoms with Crippen LogP contribution in [0.25, 0.3) is 0 Å². The van der Waals surface area contributed by atoms with Crippen molar-refractivity contribution >= 4 is 15.7 Å². The molecule has 0 aliphatic heterocycles. The van der Waals surface area contributed by atoms with Crippen molar-refractivity contribution in [2.45, 2.75) is 24.2 Å².